The summed E-state index contributed by atoms with van der Waals surface area (Å²) in [6.45, 7) is 0. The molecule has 0 radical (unpaired) electrons. The van der Waals surface area contributed by atoms with Crippen molar-refractivity contribution in [1.29, 1.82) is 0 Å². The molecule has 0 aromatic heterocycles. The van der Waals surface area contributed by atoms with Crippen molar-refractivity contribution in [2.45, 2.75) is 6.29 Å². The van der Waals surface area contributed by atoms with Gasteiger partial charge in [-0.15, -0.1) is 0 Å². The zero-order chi connectivity index (χ0) is 10.0. The third-order valence-corrected chi connectivity index (χ3v) is 1.32. The zero-order valence-electron chi connectivity index (χ0n) is 6.11. The Morgan fingerprint density at radius 2 is 2.00 bits per heavy atom. The van der Waals surface area contributed by atoms with Gasteiger partial charge in [-0.3, -0.25) is 20.2 Å². The van der Waals surface area contributed by atoms with E-state index in [9.17, 15) is 20.2 Å². The lowest BCUT2D eigenvalue weighted by Crippen LogP contribution is -2.25. The molecule has 0 aromatic rings. The quantitative estimate of drug-likeness (QED) is 0.466. The average Bonchev–Trinajstić information content (AvgIpc) is 2.02. The van der Waals surface area contributed by atoms with Crippen LogP contribution in [0, 0.1) is 20.2 Å². The third kappa shape index (κ3) is 1.62. The standard InChI is InChI=1S/C5H4N2O6/c8-5-4(7(11)12)3(6(9)10)1-2-13-5/h1-2,5,8H. The van der Waals surface area contributed by atoms with Crippen molar-refractivity contribution in [2.24, 2.45) is 0 Å². The van der Waals surface area contributed by atoms with Crippen molar-refractivity contribution in [3.63, 3.8) is 0 Å². The summed E-state index contributed by atoms with van der Waals surface area (Å²) >= 11 is 0. The molecule has 8 nitrogen and oxygen atoms in total. The van der Waals surface area contributed by atoms with E-state index in [1.54, 1.807) is 0 Å². The Balaban J connectivity index is 3.20. The van der Waals surface area contributed by atoms with Gasteiger partial charge in [-0.1, -0.05) is 0 Å². The number of rotatable bonds is 2. The minimum atomic E-state index is -1.89. The predicted octanol–water partition coefficient (Wildman–Crippen LogP) is -0.386. The molecule has 0 saturated carbocycles. The first-order chi connectivity index (χ1) is 6.04. The number of allylic oxidation sites excluding steroid dienone is 1. The van der Waals surface area contributed by atoms with Crippen molar-refractivity contribution in [3.8, 4) is 0 Å². The lowest BCUT2D eigenvalue weighted by Gasteiger charge is -2.09. The molecule has 1 N–H and O–H groups in total. The highest BCUT2D eigenvalue weighted by Crippen LogP contribution is 2.18. The van der Waals surface area contributed by atoms with Crippen LogP contribution in [0.25, 0.3) is 0 Å². The Kier molecular flexibility index (Phi) is 2.24. The van der Waals surface area contributed by atoms with E-state index >= 15 is 0 Å². The zero-order valence-corrected chi connectivity index (χ0v) is 6.11. The van der Waals surface area contributed by atoms with E-state index < -0.39 is 27.5 Å². The first-order valence-corrected chi connectivity index (χ1v) is 3.07. The Morgan fingerprint density at radius 3 is 2.38 bits per heavy atom. The van der Waals surface area contributed by atoms with Crippen molar-refractivity contribution in [3.05, 3.63) is 44.0 Å². The highest BCUT2D eigenvalue weighted by atomic mass is 16.7. The Labute approximate surface area is 71.0 Å². The molecule has 0 aliphatic carbocycles. The van der Waals surface area contributed by atoms with Gasteiger partial charge in [-0.25, -0.2) is 0 Å². The predicted molar refractivity (Wildman–Crippen MR) is 37.2 cm³/mol. The summed E-state index contributed by atoms with van der Waals surface area (Å²) in [7, 11) is 0. The van der Waals surface area contributed by atoms with E-state index in [-0.39, 0.29) is 0 Å². The molecule has 1 aliphatic rings. The average molecular weight is 188 g/mol. The van der Waals surface area contributed by atoms with E-state index in [1.165, 1.54) is 0 Å². The summed E-state index contributed by atoms with van der Waals surface area (Å²) in [5.41, 5.74) is -1.74. The van der Waals surface area contributed by atoms with Crippen LogP contribution in [0.1, 0.15) is 0 Å². The molecule has 0 fully saturated rings. The second kappa shape index (κ2) is 3.19. The number of ether oxygens (including phenoxy) is 1. The SMILES string of the molecule is O=[N+]([O-])C1=C([N+](=O)[O-])C(O)OC=C1. The van der Waals surface area contributed by atoms with Crippen LogP contribution in [-0.4, -0.2) is 21.2 Å². The first-order valence-electron chi connectivity index (χ1n) is 3.07. The van der Waals surface area contributed by atoms with Gasteiger partial charge in [0, 0.05) is 0 Å². The van der Waals surface area contributed by atoms with Gasteiger partial charge in [0.05, 0.1) is 22.2 Å². The van der Waals surface area contributed by atoms with Crippen LogP contribution in [0.3, 0.4) is 0 Å². The van der Waals surface area contributed by atoms with Gasteiger partial charge >= 0.3 is 11.4 Å². The topological polar surface area (TPSA) is 116 Å². The van der Waals surface area contributed by atoms with Crippen molar-refractivity contribution in [2.75, 3.05) is 0 Å². The molecular weight excluding hydrogens is 184 g/mol. The summed E-state index contributed by atoms with van der Waals surface area (Å²) < 4.78 is 4.30. The number of aliphatic hydroxyl groups excluding tert-OH is 1. The molecule has 0 aromatic carbocycles. The fraction of sp³-hybridized carbons (Fsp3) is 0.200. The van der Waals surface area contributed by atoms with Gasteiger partial charge < -0.3 is 9.84 Å². The van der Waals surface area contributed by atoms with Gasteiger partial charge in [0.25, 0.3) is 6.29 Å². The van der Waals surface area contributed by atoms with Crippen molar-refractivity contribution < 1.29 is 19.7 Å². The first kappa shape index (κ1) is 9.13. The molecular formula is C5H4N2O6. The van der Waals surface area contributed by atoms with Crippen LogP contribution in [-0.2, 0) is 4.74 Å². The second-order valence-corrected chi connectivity index (χ2v) is 2.08. The second-order valence-electron chi connectivity index (χ2n) is 2.08. The van der Waals surface area contributed by atoms with E-state index in [4.69, 9.17) is 5.11 Å². The molecule has 1 unspecified atom stereocenters. The van der Waals surface area contributed by atoms with Gasteiger partial charge in [-0.05, 0) is 0 Å². The Hall–Kier alpha value is -1.96. The number of hydrogen-bond acceptors (Lipinski definition) is 6. The molecule has 0 bridgehead atoms. The normalized spacial score (nSPS) is 21.2. The fourth-order valence-corrected chi connectivity index (χ4v) is 0.793. The lowest BCUT2D eigenvalue weighted by atomic mass is 10.3. The Morgan fingerprint density at radius 1 is 1.38 bits per heavy atom. The van der Waals surface area contributed by atoms with Crippen molar-refractivity contribution >= 4 is 0 Å². The van der Waals surface area contributed by atoms with Crippen LogP contribution in [0.2, 0.25) is 0 Å². The molecule has 70 valence electrons. The van der Waals surface area contributed by atoms with E-state index in [0.29, 0.717) is 0 Å². The molecule has 1 aliphatic heterocycles. The molecule has 8 heteroatoms. The third-order valence-electron chi connectivity index (χ3n) is 1.32. The van der Waals surface area contributed by atoms with Gasteiger partial charge in [-0.2, -0.15) is 0 Å². The molecule has 0 spiro atoms. The minimum Gasteiger partial charge on any atom is -0.462 e. The van der Waals surface area contributed by atoms with Crippen LogP contribution >= 0.6 is 0 Å². The summed E-state index contributed by atoms with van der Waals surface area (Å²) in [6.07, 6.45) is -0.249. The maximum absolute atomic E-state index is 10.2. The van der Waals surface area contributed by atoms with Crippen LogP contribution < -0.4 is 0 Å². The largest absolute Gasteiger partial charge is 0.462 e. The van der Waals surface area contributed by atoms with E-state index in [1.807, 2.05) is 0 Å². The monoisotopic (exact) mass is 188 g/mol. The Bertz CT molecular complexity index is 319. The van der Waals surface area contributed by atoms with Crippen LogP contribution in [0.15, 0.2) is 23.7 Å². The summed E-state index contributed by atoms with van der Waals surface area (Å²) in [6, 6.07) is 0. The molecule has 1 heterocycles. The molecule has 1 rings (SSSR count). The maximum atomic E-state index is 10.2. The smallest absolute Gasteiger partial charge is 0.390 e. The number of hydrogen-bond donors (Lipinski definition) is 1. The summed E-state index contributed by atoms with van der Waals surface area (Å²) in [5, 5.41) is 29.4. The summed E-state index contributed by atoms with van der Waals surface area (Å²) in [4.78, 5) is 18.5. The highest BCUT2D eigenvalue weighted by Gasteiger charge is 2.37. The van der Waals surface area contributed by atoms with E-state index in [2.05, 4.69) is 4.74 Å². The maximum Gasteiger partial charge on any atom is 0.390 e. The van der Waals surface area contributed by atoms with Crippen LogP contribution in [0.5, 0.6) is 0 Å². The molecule has 13 heavy (non-hydrogen) atoms. The minimum absolute atomic E-state index is 0.774. The van der Waals surface area contributed by atoms with Gasteiger partial charge in [0.15, 0.2) is 0 Å². The van der Waals surface area contributed by atoms with Crippen molar-refractivity contribution in [1.82, 2.24) is 0 Å². The molecule has 0 saturated heterocycles. The molecule has 0 amide bonds. The van der Waals surface area contributed by atoms with Crippen LogP contribution in [0.4, 0.5) is 0 Å². The fourth-order valence-electron chi connectivity index (χ4n) is 0.793. The number of nitrogens with zero attached hydrogens (tertiary/aromatic N) is 2. The summed E-state index contributed by atoms with van der Waals surface area (Å²) in [5.74, 6) is 0. The van der Waals surface area contributed by atoms with Gasteiger partial charge in [0.1, 0.15) is 0 Å². The number of nitro groups is 2. The van der Waals surface area contributed by atoms with E-state index in [0.717, 1.165) is 12.3 Å². The highest BCUT2D eigenvalue weighted by molar-refractivity contribution is 5.18. The lowest BCUT2D eigenvalue weighted by molar-refractivity contribution is -0.483. The molecule has 1 atom stereocenters. The number of aliphatic hydroxyl groups is 1. The van der Waals surface area contributed by atoms with Gasteiger partial charge in [0.2, 0.25) is 0 Å².